The van der Waals surface area contributed by atoms with E-state index in [1.165, 1.54) is 0 Å². The van der Waals surface area contributed by atoms with Crippen LogP contribution in [0.2, 0.25) is 0 Å². The summed E-state index contributed by atoms with van der Waals surface area (Å²) in [5.74, 6) is 0. The Hall–Kier alpha value is -0.850. The molecule has 0 aliphatic rings. The maximum atomic E-state index is 10.0. The Balaban J connectivity index is 3.86. The third-order valence-corrected chi connectivity index (χ3v) is 0.972. The Bertz CT molecular complexity index is 143. The van der Waals surface area contributed by atoms with Crippen LogP contribution >= 0.6 is 0 Å². The molecule has 0 fully saturated rings. The van der Waals surface area contributed by atoms with Gasteiger partial charge in [-0.1, -0.05) is 18.2 Å². The Morgan fingerprint density at radius 2 is 2.33 bits per heavy atom. The molecule has 1 radical (unpaired) electrons. The van der Waals surface area contributed by atoms with Gasteiger partial charge in [0.25, 0.3) is 0 Å². The smallest absolute Gasteiger partial charge is 0.229 e. The van der Waals surface area contributed by atoms with Crippen molar-refractivity contribution < 1.29 is 4.79 Å². The fourth-order valence-electron chi connectivity index (χ4n) is 0.522. The number of hydrogen-bond acceptors (Lipinski definition) is 1. The molecule has 0 aromatic rings. The van der Waals surface area contributed by atoms with Gasteiger partial charge in [-0.15, -0.1) is 0 Å². The molecule has 0 aliphatic heterocycles. The van der Waals surface area contributed by atoms with Gasteiger partial charge < -0.3 is 0 Å². The van der Waals surface area contributed by atoms with E-state index in [-0.39, 0.29) is 0 Å². The SMILES string of the molecule is C=C(C)CC([C]=O)=CC. The predicted octanol–water partition coefficient (Wildman–Crippen LogP) is 2.01. The van der Waals surface area contributed by atoms with Crippen molar-refractivity contribution in [2.45, 2.75) is 20.3 Å². The largest absolute Gasteiger partial charge is 0.285 e. The van der Waals surface area contributed by atoms with Gasteiger partial charge in [0.15, 0.2) is 0 Å². The molecule has 0 saturated heterocycles. The van der Waals surface area contributed by atoms with Crippen LogP contribution in [-0.4, -0.2) is 6.29 Å². The second-order valence-electron chi connectivity index (χ2n) is 2.05. The van der Waals surface area contributed by atoms with Crippen LogP contribution in [-0.2, 0) is 4.79 Å². The predicted molar refractivity (Wildman–Crippen MR) is 38.9 cm³/mol. The number of carbonyl (C=O) groups excluding carboxylic acids is 1. The molecular formula is C8H11O. The summed E-state index contributed by atoms with van der Waals surface area (Å²) in [6, 6.07) is 0. The zero-order valence-corrected chi connectivity index (χ0v) is 5.90. The molecule has 0 N–H and O–H groups in total. The fraction of sp³-hybridized carbons (Fsp3) is 0.375. The van der Waals surface area contributed by atoms with E-state index in [2.05, 4.69) is 6.58 Å². The Labute approximate surface area is 56.1 Å². The second kappa shape index (κ2) is 4.07. The van der Waals surface area contributed by atoms with E-state index in [1.54, 1.807) is 6.08 Å². The summed E-state index contributed by atoms with van der Waals surface area (Å²) in [6.07, 6.45) is 4.24. The normalized spacial score (nSPS) is 11.1. The van der Waals surface area contributed by atoms with Gasteiger partial charge in [0.1, 0.15) is 0 Å². The van der Waals surface area contributed by atoms with E-state index in [1.807, 2.05) is 20.1 Å². The third-order valence-electron chi connectivity index (χ3n) is 0.972. The lowest BCUT2D eigenvalue weighted by Gasteiger charge is -1.93. The quantitative estimate of drug-likeness (QED) is 0.414. The van der Waals surface area contributed by atoms with E-state index in [9.17, 15) is 4.79 Å². The molecule has 0 saturated carbocycles. The minimum Gasteiger partial charge on any atom is -0.285 e. The molecule has 0 bridgehead atoms. The van der Waals surface area contributed by atoms with Crippen LogP contribution in [0.15, 0.2) is 23.8 Å². The summed E-state index contributed by atoms with van der Waals surface area (Å²) >= 11 is 0. The Morgan fingerprint density at radius 1 is 1.78 bits per heavy atom. The second-order valence-corrected chi connectivity index (χ2v) is 2.05. The monoisotopic (exact) mass is 123 g/mol. The molecule has 0 spiro atoms. The van der Waals surface area contributed by atoms with Gasteiger partial charge in [-0.2, -0.15) is 0 Å². The van der Waals surface area contributed by atoms with Crippen LogP contribution in [0.25, 0.3) is 0 Å². The van der Waals surface area contributed by atoms with E-state index in [0.717, 1.165) is 5.57 Å². The van der Waals surface area contributed by atoms with Gasteiger partial charge in [0, 0.05) is 5.57 Å². The van der Waals surface area contributed by atoms with Gasteiger partial charge in [-0.3, -0.25) is 4.79 Å². The summed E-state index contributed by atoms with van der Waals surface area (Å²) in [5.41, 5.74) is 1.67. The van der Waals surface area contributed by atoms with Gasteiger partial charge in [-0.25, -0.2) is 0 Å². The van der Waals surface area contributed by atoms with Crippen molar-refractivity contribution in [1.29, 1.82) is 0 Å². The molecule has 1 nitrogen and oxygen atoms in total. The maximum absolute atomic E-state index is 10.0. The standard InChI is InChI=1S/C8H11O/c1-4-8(6-9)5-7(2)3/h4H,2,5H2,1,3H3. The summed E-state index contributed by atoms with van der Waals surface area (Å²) in [5, 5.41) is 0. The van der Waals surface area contributed by atoms with E-state index in [0.29, 0.717) is 12.0 Å². The Kier molecular flexibility index (Phi) is 3.69. The van der Waals surface area contributed by atoms with Crippen molar-refractivity contribution in [2.75, 3.05) is 0 Å². The highest BCUT2D eigenvalue weighted by molar-refractivity contribution is 5.74. The van der Waals surface area contributed by atoms with Crippen molar-refractivity contribution in [3.05, 3.63) is 23.8 Å². The lowest BCUT2D eigenvalue weighted by atomic mass is 10.1. The molecule has 0 amide bonds. The highest BCUT2D eigenvalue weighted by Gasteiger charge is 1.92. The van der Waals surface area contributed by atoms with Crippen molar-refractivity contribution in [1.82, 2.24) is 0 Å². The minimum absolute atomic E-state index is 0.653. The molecule has 0 aliphatic carbocycles. The molecule has 49 valence electrons. The molecule has 0 atom stereocenters. The summed E-state index contributed by atoms with van der Waals surface area (Å²) in [4.78, 5) is 10.0. The van der Waals surface area contributed by atoms with Crippen molar-refractivity contribution in [3.63, 3.8) is 0 Å². The summed E-state index contributed by atoms with van der Waals surface area (Å²) in [6.45, 7) is 7.38. The average Bonchev–Trinajstić information content (AvgIpc) is 1.82. The molecular weight excluding hydrogens is 112 g/mol. The first-order chi connectivity index (χ1) is 4.20. The third kappa shape index (κ3) is 3.71. The van der Waals surface area contributed by atoms with Crippen molar-refractivity contribution in [2.24, 2.45) is 0 Å². The lowest BCUT2D eigenvalue weighted by Crippen LogP contribution is -1.83. The summed E-state index contributed by atoms with van der Waals surface area (Å²) in [7, 11) is 0. The van der Waals surface area contributed by atoms with E-state index >= 15 is 0 Å². The van der Waals surface area contributed by atoms with E-state index in [4.69, 9.17) is 0 Å². The van der Waals surface area contributed by atoms with Crippen LogP contribution < -0.4 is 0 Å². The van der Waals surface area contributed by atoms with Crippen molar-refractivity contribution in [3.8, 4) is 0 Å². The van der Waals surface area contributed by atoms with Crippen LogP contribution in [0, 0.1) is 0 Å². The molecule has 0 unspecified atom stereocenters. The first kappa shape index (κ1) is 8.15. The molecule has 0 heterocycles. The molecule has 0 rings (SSSR count). The lowest BCUT2D eigenvalue weighted by molar-refractivity contribution is 0.561. The molecule has 0 aromatic heterocycles. The molecule has 1 heteroatoms. The molecule has 9 heavy (non-hydrogen) atoms. The van der Waals surface area contributed by atoms with Crippen molar-refractivity contribution >= 4 is 6.29 Å². The number of allylic oxidation sites excluding steroid dienone is 3. The zero-order valence-electron chi connectivity index (χ0n) is 5.90. The average molecular weight is 123 g/mol. The first-order valence-corrected chi connectivity index (χ1v) is 2.88. The highest BCUT2D eigenvalue weighted by Crippen LogP contribution is 2.04. The number of hydrogen-bond donors (Lipinski definition) is 0. The first-order valence-electron chi connectivity index (χ1n) is 2.88. The summed E-state index contributed by atoms with van der Waals surface area (Å²) < 4.78 is 0. The minimum atomic E-state index is 0.653. The van der Waals surface area contributed by atoms with Gasteiger partial charge in [0.2, 0.25) is 6.29 Å². The van der Waals surface area contributed by atoms with Crippen LogP contribution in [0.1, 0.15) is 20.3 Å². The molecule has 0 aromatic carbocycles. The van der Waals surface area contributed by atoms with Gasteiger partial charge in [-0.05, 0) is 20.3 Å². The van der Waals surface area contributed by atoms with Crippen LogP contribution in [0.5, 0.6) is 0 Å². The maximum Gasteiger partial charge on any atom is 0.229 e. The topological polar surface area (TPSA) is 17.1 Å². The van der Waals surface area contributed by atoms with Gasteiger partial charge in [0.05, 0.1) is 0 Å². The van der Waals surface area contributed by atoms with Crippen LogP contribution in [0.3, 0.4) is 0 Å². The van der Waals surface area contributed by atoms with Crippen LogP contribution in [0.4, 0.5) is 0 Å². The Morgan fingerprint density at radius 3 is 2.44 bits per heavy atom. The van der Waals surface area contributed by atoms with Gasteiger partial charge >= 0.3 is 0 Å². The fourth-order valence-corrected chi connectivity index (χ4v) is 0.522. The van der Waals surface area contributed by atoms with E-state index < -0.39 is 0 Å². The number of rotatable bonds is 3. The highest BCUT2D eigenvalue weighted by atomic mass is 16.1. The zero-order chi connectivity index (χ0) is 7.28.